The molecule has 9 heteroatoms. The Morgan fingerprint density at radius 3 is 2.27 bits per heavy atom. The molecular formula is C21H20BrF2NO3S2. The number of anilines is 1. The van der Waals surface area contributed by atoms with E-state index in [1.807, 2.05) is 0 Å². The number of benzene rings is 2. The summed E-state index contributed by atoms with van der Waals surface area (Å²) in [5.74, 6) is 0.0219. The van der Waals surface area contributed by atoms with E-state index in [0.717, 1.165) is 25.0 Å². The number of sulfonamides is 1. The molecule has 1 aliphatic carbocycles. The third-order valence-corrected chi connectivity index (χ3v) is 10.4. The van der Waals surface area contributed by atoms with E-state index < -0.39 is 43.9 Å². The van der Waals surface area contributed by atoms with Gasteiger partial charge in [0.1, 0.15) is 11.6 Å². The molecule has 2 aromatic rings. The number of halogens is 3. The molecule has 0 aromatic heterocycles. The van der Waals surface area contributed by atoms with E-state index in [1.165, 1.54) is 22.5 Å². The molecule has 0 bridgehead atoms. The van der Waals surface area contributed by atoms with Crippen LogP contribution in [0.2, 0.25) is 0 Å². The average molecular weight is 516 g/mol. The number of fused-ring (bicyclic) bond motifs is 2. The summed E-state index contributed by atoms with van der Waals surface area (Å²) in [6.07, 6.45) is 2.72. The summed E-state index contributed by atoms with van der Waals surface area (Å²) in [7, 11) is -5.01. The van der Waals surface area contributed by atoms with Gasteiger partial charge in [-0.05, 0) is 83.9 Å². The topological polar surface area (TPSA) is 54.5 Å². The van der Waals surface area contributed by atoms with Gasteiger partial charge in [0.15, 0.2) is 0 Å². The predicted octanol–water partition coefficient (Wildman–Crippen LogP) is 4.50. The van der Waals surface area contributed by atoms with Crippen LogP contribution in [-0.2, 0) is 26.2 Å². The zero-order valence-corrected chi connectivity index (χ0v) is 19.2. The second-order valence-corrected chi connectivity index (χ2v) is 12.7. The quantitative estimate of drug-likeness (QED) is 0.604. The minimum Gasteiger partial charge on any atom is -0.262 e. The molecule has 5 rings (SSSR count). The van der Waals surface area contributed by atoms with Crippen molar-refractivity contribution in [2.45, 2.75) is 42.0 Å². The highest BCUT2D eigenvalue weighted by molar-refractivity contribution is 9.10. The second kappa shape index (κ2) is 7.10. The van der Waals surface area contributed by atoms with Gasteiger partial charge in [0.05, 0.1) is 21.1 Å². The maximum Gasteiger partial charge on any atom is 0.264 e. The minimum atomic E-state index is -4.03. The molecule has 3 aliphatic rings. The Bertz CT molecular complexity index is 1140. The number of hydrogen-bond acceptors (Lipinski definition) is 3. The van der Waals surface area contributed by atoms with Gasteiger partial charge in [0.25, 0.3) is 10.0 Å². The van der Waals surface area contributed by atoms with Gasteiger partial charge < -0.3 is 0 Å². The molecule has 1 spiro atoms. The zero-order chi connectivity index (χ0) is 21.3. The van der Waals surface area contributed by atoms with E-state index in [0.29, 0.717) is 40.1 Å². The van der Waals surface area contributed by atoms with Gasteiger partial charge >= 0.3 is 0 Å². The summed E-state index contributed by atoms with van der Waals surface area (Å²) in [6, 6.07) is 7.51. The fourth-order valence-electron chi connectivity index (χ4n) is 5.14. The third-order valence-electron chi connectivity index (χ3n) is 6.62. The van der Waals surface area contributed by atoms with Crippen LogP contribution in [-0.4, -0.2) is 30.2 Å². The molecule has 160 valence electrons. The minimum absolute atomic E-state index is 0.0136. The molecule has 2 aliphatic heterocycles. The lowest BCUT2D eigenvalue weighted by Gasteiger charge is -2.41. The molecule has 2 heterocycles. The predicted molar refractivity (Wildman–Crippen MR) is 115 cm³/mol. The molecular weight excluding hydrogens is 496 g/mol. The summed E-state index contributed by atoms with van der Waals surface area (Å²) < 4.78 is 70.2. The lowest BCUT2D eigenvalue weighted by atomic mass is 9.70. The first-order valence-electron chi connectivity index (χ1n) is 9.89. The van der Waals surface area contributed by atoms with Crippen LogP contribution in [0.4, 0.5) is 14.5 Å². The largest absolute Gasteiger partial charge is 0.264 e. The van der Waals surface area contributed by atoms with Gasteiger partial charge in [0, 0.05) is 33.3 Å². The summed E-state index contributed by atoms with van der Waals surface area (Å²) in [5, 5.41) is 0. The molecule has 4 nitrogen and oxygen atoms in total. The maximum absolute atomic E-state index is 15.5. The van der Waals surface area contributed by atoms with Gasteiger partial charge in [-0.15, -0.1) is 0 Å². The summed E-state index contributed by atoms with van der Waals surface area (Å²) in [6.45, 7) is 0. The molecule has 0 radical (unpaired) electrons. The van der Waals surface area contributed by atoms with Crippen molar-refractivity contribution in [3.8, 4) is 0 Å². The SMILES string of the molecule is O=S1CCC2(CC1)c1c(ccc(Br)c1F)N(S(=O)(=O)c1ccc(F)cc1)C2C1CC1. The molecule has 2 aromatic carbocycles. The average Bonchev–Trinajstić information content (AvgIpc) is 3.51. The maximum atomic E-state index is 15.5. The fourth-order valence-corrected chi connectivity index (χ4v) is 8.65. The first kappa shape index (κ1) is 20.6. The smallest absolute Gasteiger partial charge is 0.262 e. The van der Waals surface area contributed by atoms with Crippen molar-refractivity contribution < 1.29 is 21.4 Å². The molecule has 1 saturated carbocycles. The molecule has 1 saturated heterocycles. The van der Waals surface area contributed by atoms with Crippen molar-refractivity contribution in [2.75, 3.05) is 15.8 Å². The van der Waals surface area contributed by atoms with E-state index in [2.05, 4.69) is 15.9 Å². The van der Waals surface area contributed by atoms with Crippen molar-refractivity contribution in [2.24, 2.45) is 5.92 Å². The second-order valence-electron chi connectivity index (χ2n) is 8.30. The fraction of sp³-hybridized carbons (Fsp3) is 0.429. The van der Waals surface area contributed by atoms with Crippen molar-refractivity contribution in [3.05, 3.63) is 58.1 Å². The Morgan fingerprint density at radius 1 is 1.03 bits per heavy atom. The highest BCUT2D eigenvalue weighted by Gasteiger charge is 2.61. The van der Waals surface area contributed by atoms with Crippen molar-refractivity contribution in [1.29, 1.82) is 0 Å². The summed E-state index contributed by atoms with van der Waals surface area (Å²) in [5.41, 5.74) is 0.0616. The Labute approximate surface area is 185 Å². The molecule has 1 unspecified atom stereocenters. The summed E-state index contributed by atoms with van der Waals surface area (Å²) in [4.78, 5) is -0.0136. The third kappa shape index (κ3) is 2.99. The first-order chi connectivity index (χ1) is 14.3. The Hall–Kier alpha value is -1.32. The van der Waals surface area contributed by atoms with Crippen LogP contribution in [0.5, 0.6) is 0 Å². The van der Waals surface area contributed by atoms with Crippen molar-refractivity contribution in [3.63, 3.8) is 0 Å². The number of nitrogens with zero attached hydrogens (tertiary/aromatic N) is 1. The molecule has 0 N–H and O–H groups in total. The van der Waals surface area contributed by atoms with Crippen LogP contribution in [0.3, 0.4) is 0 Å². The lowest BCUT2D eigenvalue weighted by Crippen LogP contribution is -2.51. The highest BCUT2D eigenvalue weighted by Crippen LogP contribution is 2.60. The highest BCUT2D eigenvalue weighted by atomic mass is 79.9. The van der Waals surface area contributed by atoms with E-state index in [1.54, 1.807) is 6.07 Å². The van der Waals surface area contributed by atoms with E-state index in [9.17, 15) is 17.0 Å². The summed E-state index contributed by atoms with van der Waals surface area (Å²) >= 11 is 3.26. The molecule has 2 fully saturated rings. The van der Waals surface area contributed by atoms with Crippen LogP contribution in [0.15, 0.2) is 45.8 Å². The van der Waals surface area contributed by atoms with Crippen molar-refractivity contribution >= 4 is 42.4 Å². The molecule has 0 amide bonds. The van der Waals surface area contributed by atoms with Gasteiger partial charge in [-0.2, -0.15) is 0 Å². The van der Waals surface area contributed by atoms with Crippen LogP contribution in [0.1, 0.15) is 31.2 Å². The van der Waals surface area contributed by atoms with Crippen LogP contribution >= 0.6 is 15.9 Å². The normalized spacial score (nSPS) is 28.7. The Balaban J connectivity index is 1.75. The van der Waals surface area contributed by atoms with Crippen molar-refractivity contribution in [1.82, 2.24) is 0 Å². The van der Waals surface area contributed by atoms with E-state index in [4.69, 9.17) is 0 Å². The zero-order valence-electron chi connectivity index (χ0n) is 16.0. The first-order valence-corrected chi connectivity index (χ1v) is 13.6. The van der Waals surface area contributed by atoms with Gasteiger partial charge in [-0.1, -0.05) is 0 Å². The van der Waals surface area contributed by atoms with Gasteiger partial charge in [-0.3, -0.25) is 8.51 Å². The standard InChI is InChI=1S/C21H20BrF2NO3S2/c22-16-7-8-17-18(19(16)24)21(9-11-29(26)12-10-21)20(13-1-2-13)25(17)30(27,28)15-5-3-14(23)4-6-15/h3-8,13,20H,1-2,9-12H2. The van der Waals surface area contributed by atoms with Gasteiger partial charge in [0.2, 0.25) is 0 Å². The molecule has 1 atom stereocenters. The number of hydrogen-bond donors (Lipinski definition) is 0. The number of rotatable bonds is 3. The van der Waals surface area contributed by atoms with Crippen LogP contribution in [0.25, 0.3) is 0 Å². The van der Waals surface area contributed by atoms with E-state index >= 15 is 4.39 Å². The molecule has 30 heavy (non-hydrogen) atoms. The Kier molecular flexibility index (Phi) is 4.87. The van der Waals surface area contributed by atoms with Gasteiger partial charge in [-0.25, -0.2) is 17.2 Å². The van der Waals surface area contributed by atoms with Crippen LogP contribution in [0, 0.1) is 17.6 Å². The monoisotopic (exact) mass is 515 g/mol. The lowest BCUT2D eigenvalue weighted by molar-refractivity contribution is 0.303. The van der Waals surface area contributed by atoms with E-state index in [-0.39, 0.29) is 10.8 Å². The van der Waals surface area contributed by atoms with Crippen LogP contribution < -0.4 is 4.31 Å². The Morgan fingerprint density at radius 2 is 1.67 bits per heavy atom.